The predicted molar refractivity (Wildman–Crippen MR) is 99.6 cm³/mol. The van der Waals surface area contributed by atoms with Crippen LogP contribution in [-0.2, 0) is 13.0 Å². The zero-order valence-electron chi connectivity index (χ0n) is 14.6. The van der Waals surface area contributed by atoms with Crippen LogP contribution in [-0.4, -0.2) is 38.3 Å². The van der Waals surface area contributed by atoms with Crippen LogP contribution < -0.4 is 5.56 Å². The molecule has 5 nitrogen and oxygen atoms in total. The smallest absolute Gasteiger partial charge is 0.258 e. The van der Waals surface area contributed by atoms with Crippen LogP contribution in [0.3, 0.4) is 0 Å². The summed E-state index contributed by atoms with van der Waals surface area (Å²) in [5, 5.41) is 10.6. The van der Waals surface area contributed by atoms with Gasteiger partial charge in [0.1, 0.15) is 5.75 Å². The summed E-state index contributed by atoms with van der Waals surface area (Å²) in [6.45, 7) is 7.64. The van der Waals surface area contributed by atoms with Gasteiger partial charge in [0.05, 0.1) is 0 Å². The molecule has 0 aliphatic carbocycles. The molecule has 0 bridgehead atoms. The lowest BCUT2D eigenvalue weighted by molar-refractivity contribution is 0.227. The SMILES string of the molecule is CC(C)N1CCc2cc3cc(-n4ccc(O)cc4=O)ccc3n2CC1. The summed E-state index contributed by atoms with van der Waals surface area (Å²) in [5.41, 5.74) is 3.17. The number of hydrogen-bond acceptors (Lipinski definition) is 3. The molecule has 1 aliphatic rings. The Morgan fingerprint density at radius 2 is 1.88 bits per heavy atom. The molecule has 0 saturated carbocycles. The average Bonchev–Trinajstić information content (AvgIpc) is 2.77. The molecular weight excluding hydrogens is 314 g/mol. The number of hydrogen-bond donors (Lipinski definition) is 1. The zero-order chi connectivity index (χ0) is 17.6. The van der Waals surface area contributed by atoms with Crippen molar-refractivity contribution in [2.45, 2.75) is 32.9 Å². The maximum Gasteiger partial charge on any atom is 0.258 e. The highest BCUT2D eigenvalue weighted by molar-refractivity contribution is 5.83. The Kier molecular flexibility index (Phi) is 3.88. The highest BCUT2D eigenvalue weighted by atomic mass is 16.3. The number of rotatable bonds is 2. The summed E-state index contributed by atoms with van der Waals surface area (Å²) in [5.74, 6) is -0.00684. The molecular formula is C20H23N3O2. The topological polar surface area (TPSA) is 50.4 Å². The van der Waals surface area contributed by atoms with Gasteiger partial charge in [-0.3, -0.25) is 14.3 Å². The van der Waals surface area contributed by atoms with Crippen LogP contribution in [0.15, 0.2) is 47.4 Å². The molecule has 0 unspecified atom stereocenters. The van der Waals surface area contributed by atoms with E-state index in [1.54, 1.807) is 10.8 Å². The van der Waals surface area contributed by atoms with Crippen molar-refractivity contribution >= 4 is 10.9 Å². The quantitative estimate of drug-likeness (QED) is 0.782. The van der Waals surface area contributed by atoms with E-state index in [1.165, 1.54) is 23.3 Å². The first-order valence-corrected chi connectivity index (χ1v) is 8.81. The van der Waals surface area contributed by atoms with E-state index in [1.807, 2.05) is 6.07 Å². The maximum absolute atomic E-state index is 12.1. The molecule has 3 aromatic rings. The van der Waals surface area contributed by atoms with E-state index in [4.69, 9.17) is 0 Å². The standard InChI is InChI=1S/C20H23N3O2/c1-14(2)21-7-5-17-12-15-11-16(3-4-19(15)22(17)10-9-21)23-8-6-18(24)13-20(23)25/h3-4,6,8,11-14,24H,5,7,9-10H2,1-2H3. The minimum atomic E-state index is -0.229. The first kappa shape index (κ1) is 16.0. The molecule has 4 rings (SSSR count). The minimum absolute atomic E-state index is 0.00684. The fourth-order valence-corrected chi connectivity index (χ4v) is 3.73. The van der Waals surface area contributed by atoms with Gasteiger partial charge in [0.15, 0.2) is 0 Å². The Morgan fingerprint density at radius 1 is 1.04 bits per heavy atom. The Bertz CT molecular complexity index is 984. The molecule has 3 heterocycles. The van der Waals surface area contributed by atoms with Crippen molar-refractivity contribution in [1.29, 1.82) is 0 Å². The average molecular weight is 337 g/mol. The minimum Gasteiger partial charge on any atom is -0.508 e. The van der Waals surface area contributed by atoms with Gasteiger partial charge in [0.25, 0.3) is 5.56 Å². The summed E-state index contributed by atoms with van der Waals surface area (Å²) in [7, 11) is 0. The molecule has 1 N–H and O–H groups in total. The van der Waals surface area contributed by atoms with Gasteiger partial charge in [0, 0.05) is 66.6 Å². The van der Waals surface area contributed by atoms with E-state index in [9.17, 15) is 9.90 Å². The molecule has 5 heteroatoms. The van der Waals surface area contributed by atoms with Crippen molar-refractivity contribution in [3.8, 4) is 11.4 Å². The van der Waals surface area contributed by atoms with Crippen molar-refractivity contribution in [3.05, 3.63) is 58.6 Å². The molecule has 0 spiro atoms. The number of fused-ring (bicyclic) bond motifs is 3. The van der Waals surface area contributed by atoms with Crippen LogP contribution in [0.2, 0.25) is 0 Å². The Hall–Kier alpha value is -2.53. The number of aromatic nitrogens is 2. The first-order valence-electron chi connectivity index (χ1n) is 8.81. The molecule has 0 fully saturated rings. The summed E-state index contributed by atoms with van der Waals surface area (Å²) in [6, 6.07) is 11.7. The summed E-state index contributed by atoms with van der Waals surface area (Å²) in [6.07, 6.45) is 2.65. The van der Waals surface area contributed by atoms with E-state index in [0.717, 1.165) is 37.1 Å². The molecule has 130 valence electrons. The normalized spacial score (nSPS) is 15.5. The monoisotopic (exact) mass is 337 g/mol. The summed E-state index contributed by atoms with van der Waals surface area (Å²) >= 11 is 0. The number of pyridine rings is 1. The second kappa shape index (κ2) is 6.08. The fourth-order valence-electron chi connectivity index (χ4n) is 3.73. The summed E-state index contributed by atoms with van der Waals surface area (Å²) < 4.78 is 3.96. The lowest BCUT2D eigenvalue weighted by Crippen LogP contribution is -2.33. The van der Waals surface area contributed by atoms with Gasteiger partial charge in [-0.1, -0.05) is 0 Å². The second-order valence-corrected chi connectivity index (χ2v) is 7.00. The number of nitrogens with zero attached hydrogens (tertiary/aromatic N) is 3. The lowest BCUT2D eigenvalue weighted by atomic mass is 10.2. The fraction of sp³-hybridized carbons (Fsp3) is 0.350. The van der Waals surface area contributed by atoms with E-state index in [2.05, 4.69) is 41.5 Å². The first-order chi connectivity index (χ1) is 12.0. The van der Waals surface area contributed by atoms with Crippen molar-refractivity contribution < 1.29 is 5.11 Å². The molecule has 0 amide bonds. The lowest BCUT2D eigenvalue weighted by Gasteiger charge is -2.23. The highest BCUT2D eigenvalue weighted by Crippen LogP contribution is 2.25. The van der Waals surface area contributed by atoms with Gasteiger partial charge in [-0.05, 0) is 44.2 Å². The Balaban J connectivity index is 1.74. The van der Waals surface area contributed by atoms with Crippen LogP contribution >= 0.6 is 0 Å². The van der Waals surface area contributed by atoms with Crippen molar-refractivity contribution in [1.82, 2.24) is 14.0 Å². The van der Waals surface area contributed by atoms with E-state index in [0.29, 0.717) is 6.04 Å². The third-order valence-electron chi connectivity index (χ3n) is 5.15. The van der Waals surface area contributed by atoms with Crippen LogP contribution in [0.25, 0.3) is 16.6 Å². The third kappa shape index (κ3) is 2.85. The number of aromatic hydroxyl groups is 1. The maximum atomic E-state index is 12.1. The van der Waals surface area contributed by atoms with Crippen LogP contribution in [0, 0.1) is 0 Å². The van der Waals surface area contributed by atoms with Crippen molar-refractivity contribution in [2.24, 2.45) is 0 Å². The molecule has 0 radical (unpaired) electrons. The molecule has 1 aliphatic heterocycles. The highest BCUT2D eigenvalue weighted by Gasteiger charge is 2.18. The zero-order valence-corrected chi connectivity index (χ0v) is 14.6. The Morgan fingerprint density at radius 3 is 2.64 bits per heavy atom. The summed E-state index contributed by atoms with van der Waals surface area (Å²) in [4.78, 5) is 14.6. The molecule has 0 saturated heterocycles. The molecule has 0 atom stereocenters. The van der Waals surface area contributed by atoms with E-state index in [-0.39, 0.29) is 11.3 Å². The van der Waals surface area contributed by atoms with E-state index >= 15 is 0 Å². The molecule has 2 aromatic heterocycles. The van der Waals surface area contributed by atoms with Gasteiger partial charge in [-0.15, -0.1) is 0 Å². The van der Waals surface area contributed by atoms with Crippen LogP contribution in [0.5, 0.6) is 5.75 Å². The van der Waals surface area contributed by atoms with Crippen molar-refractivity contribution in [2.75, 3.05) is 13.1 Å². The largest absolute Gasteiger partial charge is 0.508 e. The van der Waals surface area contributed by atoms with Gasteiger partial charge >= 0.3 is 0 Å². The van der Waals surface area contributed by atoms with Gasteiger partial charge in [0.2, 0.25) is 0 Å². The predicted octanol–water partition coefficient (Wildman–Crippen LogP) is 2.76. The Labute approximate surface area is 146 Å². The van der Waals surface area contributed by atoms with E-state index < -0.39 is 0 Å². The van der Waals surface area contributed by atoms with Crippen LogP contribution in [0.1, 0.15) is 19.5 Å². The third-order valence-corrected chi connectivity index (χ3v) is 5.15. The van der Waals surface area contributed by atoms with Gasteiger partial charge in [-0.2, -0.15) is 0 Å². The van der Waals surface area contributed by atoms with Gasteiger partial charge in [-0.25, -0.2) is 0 Å². The van der Waals surface area contributed by atoms with Gasteiger partial charge < -0.3 is 9.67 Å². The molecule has 25 heavy (non-hydrogen) atoms. The van der Waals surface area contributed by atoms with Crippen molar-refractivity contribution in [3.63, 3.8) is 0 Å². The van der Waals surface area contributed by atoms with Crippen LogP contribution in [0.4, 0.5) is 0 Å². The number of benzene rings is 1. The second-order valence-electron chi connectivity index (χ2n) is 7.00. The molecule has 1 aromatic carbocycles.